The molecule has 1 atom stereocenters. The van der Waals surface area contributed by atoms with E-state index in [9.17, 15) is 4.79 Å². The second-order valence-corrected chi connectivity index (χ2v) is 4.98. The van der Waals surface area contributed by atoms with Crippen LogP contribution in [0.4, 0.5) is 0 Å². The number of nitrogens with zero attached hydrogens (tertiary/aromatic N) is 1. The minimum Gasteiger partial charge on any atom is -0.497 e. The van der Waals surface area contributed by atoms with Crippen LogP contribution in [0.1, 0.15) is 29.6 Å². The fraction of sp³-hybridized carbons (Fsp3) is 0.533. The first-order valence-corrected chi connectivity index (χ1v) is 6.84. The van der Waals surface area contributed by atoms with E-state index in [-0.39, 0.29) is 5.91 Å². The molecule has 0 bridgehead atoms. The van der Waals surface area contributed by atoms with E-state index in [4.69, 9.17) is 4.74 Å². The van der Waals surface area contributed by atoms with Crippen LogP contribution in [-0.2, 0) is 0 Å². The highest BCUT2D eigenvalue weighted by Gasteiger charge is 2.22. The van der Waals surface area contributed by atoms with Crippen molar-refractivity contribution in [2.24, 2.45) is 0 Å². The first kappa shape index (κ1) is 13.9. The smallest absolute Gasteiger partial charge is 0.253 e. The predicted molar refractivity (Wildman–Crippen MR) is 75.6 cm³/mol. The van der Waals surface area contributed by atoms with Gasteiger partial charge in [0.25, 0.3) is 5.91 Å². The van der Waals surface area contributed by atoms with Crippen molar-refractivity contribution in [3.8, 4) is 5.75 Å². The van der Waals surface area contributed by atoms with Crippen molar-refractivity contribution in [3.63, 3.8) is 0 Å². The molecule has 1 N–H and O–H groups in total. The lowest BCUT2D eigenvalue weighted by Crippen LogP contribution is -2.37. The van der Waals surface area contributed by atoms with E-state index in [0.29, 0.717) is 11.6 Å². The summed E-state index contributed by atoms with van der Waals surface area (Å²) in [7, 11) is 3.52. The summed E-state index contributed by atoms with van der Waals surface area (Å²) in [6, 6.07) is 7.68. The first-order chi connectivity index (χ1) is 9.22. The molecule has 0 radical (unpaired) electrons. The standard InChI is InChI=1S/C15H22N2O2/c1-17(13-6-4-9-16-10-8-13)15(18)12-5-3-7-14(11-12)19-2/h3,5,7,11,13,16H,4,6,8-10H2,1-2H3/t13-/m0/s1. The van der Waals surface area contributed by atoms with E-state index in [1.54, 1.807) is 13.2 Å². The second-order valence-electron chi connectivity index (χ2n) is 4.98. The van der Waals surface area contributed by atoms with Crippen LogP contribution in [0.15, 0.2) is 24.3 Å². The van der Waals surface area contributed by atoms with Crippen LogP contribution in [0.3, 0.4) is 0 Å². The van der Waals surface area contributed by atoms with Crippen molar-refractivity contribution in [1.82, 2.24) is 10.2 Å². The SMILES string of the molecule is COc1cccc(C(=O)N(C)[C@H]2CCCNCC2)c1. The van der Waals surface area contributed by atoms with Gasteiger partial charge in [0.05, 0.1) is 7.11 Å². The second kappa shape index (κ2) is 6.57. The number of carbonyl (C=O) groups excluding carboxylic acids is 1. The Labute approximate surface area is 114 Å². The number of hydrogen-bond acceptors (Lipinski definition) is 3. The van der Waals surface area contributed by atoms with E-state index >= 15 is 0 Å². The summed E-state index contributed by atoms with van der Waals surface area (Å²) < 4.78 is 5.17. The van der Waals surface area contributed by atoms with Gasteiger partial charge in [-0.1, -0.05) is 6.07 Å². The van der Waals surface area contributed by atoms with Crippen molar-refractivity contribution in [3.05, 3.63) is 29.8 Å². The molecule has 1 aromatic carbocycles. The van der Waals surface area contributed by atoms with Gasteiger partial charge in [0.2, 0.25) is 0 Å². The molecule has 1 fully saturated rings. The number of ether oxygens (including phenoxy) is 1. The third-order valence-corrected chi connectivity index (χ3v) is 3.73. The van der Waals surface area contributed by atoms with Crippen LogP contribution in [0, 0.1) is 0 Å². The Kier molecular flexibility index (Phi) is 4.80. The zero-order chi connectivity index (χ0) is 13.7. The van der Waals surface area contributed by atoms with Crippen LogP contribution < -0.4 is 10.1 Å². The third kappa shape index (κ3) is 3.47. The Morgan fingerprint density at radius 1 is 1.37 bits per heavy atom. The Bertz CT molecular complexity index is 426. The van der Waals surface area contributed by atoms with Gasteiger partial charge in [0.1, 0.15) is 5.75 Å². The van der Waals surface area contributed by atoms with E-state index in [2.05, 4.69) is 5.32 Å². The quantitative estimate of drug-likeness (QED) is 0.904. The zero-order valence-electron chi connectivity index (χ0n) is 11.7. The lowest BCUT2D eigenvalue weighted by Gasteiger charge is -2.27. The Hall–Kier alpha value is -1.55. The largest absolute Gasteiger partial charge is 0.497 e. The predicted octanol–water partition coefficient (Wildman–Crippen LogP) is 1.91. The van der Waals surface area contributed by atoms with Gasteiger partial charge in [-0.2, -0.15) is 0 Å². The van der Waals surface area contributed by atoms with E-state index < -0.39 is 0 Å². The Morgan fingerprint density at radius 2 is 2.21 bits per heavy atom. The summed E-state index contributed by atoms with van der Waals surface area (Å²) >= 11 is 0. The molecule has 1 heterocycles. The van der Waals surface area contributed by atoms with Gasteiger partial charge in [0, 0.05) is 18.7 Å². The first-order valence-electron chi connectivity index (χ1n) is 6.84. The summed E-state index contributed by atoms with van der Waals surface area (Å²) in [6.07, 6.45) is 3.21. The van der Waals surface area contributed by atoms with Gasteiger partial charge < -0.3 is 15.0 Å². The van der Waals surface area contributed by atoms with Crippen molar-refractivity contribution >= 4 is 5.91 Å². The van der Waals surface area contributed by atoms with Crippen LogP contribution >= 0.6 is 0 Å². The van der Waals surface area contributed by atoms with E-state index in [1.807, 2.05) is 30.1 Å². The molecule has 4 heteroatoms. The molecule has 1 aliphatic rings. The van der Waals surface area contributed by atoms with E-state index in [1.165, 1.54) is 0 Å². The van der Waals surface area contributed by atoms with Gasteiger partial charge >= 0.3 is 0 Å². The summed E-state index contributed by atoms with van der Waals surface area (Å²) in [6.45, 7) is 2.04. The summed E-state index contributed by atoms with van der Waals surface area (Å²) in [5, 5.41) is 3.37. The summed E-state index contributed by atoms with van der Waals surface area (Å²) in [5.41, 5.74) is 0.694. The number of amides is 1. The van der Waals surface area contributed by atoms with Crippen LogP contribution in [0.2, 0.25) is 0 Å². The lowest BCUT2D eigenvalue weighted by atomic mass is 10.1. The highest BCUT2D eigenvalue weighted by atomic mass is 16.5. The molecule has 1 aliphatic heterocycles. The molecular weight excluding hydrogens is 240 g/mol. The number of nitrogens with one attached hydrogen (secondary N) is 1. The van der Waals surface area contributed by atoms with Gasteiger partial charge in [-0.15, -0.1) is 0 Å². The van der Waals surface area contributed by atoms with Crippen LogP contribution in [0.25, 0.3) is 0 Å². The average Bonchev–Trinajstić information content (AvgIpc) is 2.75. The molecule has 19 heavy (non-hydrogen) atoms. The molecule has 104 valence electrons. The number of methoxy groups -OCH3 is 1. The maximum Gasteiger partial charge on any atom is 0.253 e. The van der Waals surface area contributed by atoms with Gasteiger partial charge in [-0.25, -0.2) is 0 Å². The number of rotatable bonds is 3. The molecule has 0 spiro atoms. The normalized spacial score (nSPS) is 19.6. The fourth-order valence-corrected chi connectivity index (χ4v) is 2.51. The molecule has 1 saturated heterocycles. The monoisotopic (exact) mass is 262 g/mol. The highest BCUT2D eigenvalue weighted by molar-refractivity contribution is 5.94. The maximum atomic E-state index is 12.5. The highest BCUT2D eigenvalue weighted by Crippen LogP contribution is 2.18. The van der Waals surface area contributed by atoms with E-state index in [0.717, 1.165) is 38.1 Å². The maximum absolute atomic E-state index is 12.5. The van der Waals surface area contributed by atoms with Crippen molar-refractivity contribution in [2.45, 2.75) is 25.3 Å². The van der Waals surface area contributed by atoms with Crippen molar-refractivity contribution < 1.29 is 9.53 Å². The fourth-order valence-electron chi connectivity index (χ4n) is 2.51. The van der Waals surface area contributed by atoms with Crippen molar-refractivity contribution in [1.29, 1.82) is 0 Å². The van der Waals surface area contributed by atoms with Gasteiger partial charge in [-0.05, 0) is 50.6 Å². The topological polar surface area (TPSA) is 41.6 Å². The van der Waals surface area contributed by atoms with Gasteiger partial charge in [0.15, 0.2) is 0 Å². The third-order valence-electron chi connectivity index (χ3n) is 3.73. The Morgan fingerprint density at radius 3 is 3.00 bits per heavy atom. The molecule has 1 amide bonds. The molecule has 4 nitrogen and oxygen atoms in total. The molecule has 0 saturated carbocycles. The molecule has 2 rings (SSSR count). The number of benzene rings is 1. The average molecular weight is 262 g/mol. The summed E-state index contributed by atoms with van der Waals surface area (Å²) in [5.74, 6) is 0.799. The lowest BCUT2D eigenvalue weighted by molar-refractivity contribution is 0.0720. The van der Waals surface area contributed by atoms with Crippen molar-refractivity contribution in [2.75, 3.05) is 27.2 Å². The Balaban J connectivity index is 2.08. The van der Waals surface area contributed by atoms with Crippen LogP contribution in [-0.4, -0.2) is 44.1 Å². The minimum atomic E-state index is 0.0748. The molecule has 0 unspecified atom stereocenters. The zero-order valence-corrected chi connectivity index (χ0v) is 11.7. The number of carbonyl (C=O) groups is 1. The van der Waals surface area contributed by atoms with Crippen LogP contribution in [0.5, 0.6) is 5.75 Å². The minimum absolute atomic E-state index is 0.0748. The molecule has 1 aromatic rings. The molecule has 0 aromatic heterocycles. The number of hydrogen-bond donors (Lipinski definition) is 1. The van der Waals surface area contributed by atoms with Gasteiger partial charge in [-0.3, -0.25) is 4.79 Å². The molecular formula is C15H22N2O2. The molecule has 0 aliphatic carbocycles. The summed E-state index contributed by atoms with van der Waals surface area (Å²) in [4.78, 5) is 14.4.